The highest BCUT2D eigenvalue weighted by atomic mass is 79.9. The molecule has 0 aliphatic carbocycles. The third-order valence-corrected chi connectivity index (χ3v) is 4.32. The number of nitrogens with one attached hydrogen (secondary N) is 2. The van der Waals surface area contributed by atoms with E-state index in [1.807, 2.05) is 25.1 Å². The molecule has 7 heteroatoms. The van der Waals surface area contributed by atoms with Crippen LogP contribution in [0.3, 0.4) is 0 Å². The SMILES string of the molecule is COc1ccc([C@H](C)NCC(=O)Nc2ccc(C(N)=O)cc2)cc1Br. The van der Waals surface area contributed by atoms with Crippen LogP contribution in [0.25, 0.3) is 0 Å². The summed E-state index contributed by atoms with van der Waals surface area (Å²) in [4.78, 5) is 23.1. The molecule has 25 heavy (non-hydrogen) atoms. The summed E-state index contributed by atoms with van der Waals surface area (Å²) in [5, 5.41) is 5.93. The monoisotopic (exact) mass is 405 g/mol. The van der Waals surface area contributed by atoms with Gasteiger partial charge in [-0.3, -0.25) is 9.59 Å². The van der Waals surface area contributed by atoms with E-state index in [9.17, 15) is 9.59 Å². The number of anilines is 1. The summed E-state index contributed by atoms with van der Waals surface area (Å²) in [6, 6.07) is 12.2. The third kappa shape index (κ3) is 5.30. The van der Waals surface area contributed by atoms with Crippen LogP contribution in [0.2, 0.25) is 0 Å². The molecule has 2 aromatic carbocycles. The first-order chi connectivity index (χ1) is 11.9. The molecule has 0 spiro atoms. The Kier molecular flexibility index (Phi) is 6.55. The van der Waals surface area contributed by atoms with E-state index in [4.69, 9.17) is 10.5 Å². The van der Waals surface area contributed by atoms with Gasteiger partial charge >= 0.3 is 0 Å². The lowest BCUT2D eigenvalue weighted by Crippen LogP contribution is -2.30. The molecule has 0 fully saturated rings. The molecular formula is C18H20BrN3O3. The minimum absolute atomic E-state index is 0.00908. The maximum absolute atomic E-state index is 12.0. The van der Waals surface area contributed by atoms with Crippen molar-refractivity contribution >= 4 is 33.4 Å². The van der Waals surface area contributed by atoms with Crippen molar-refractivity contribution in [1.82, 2.24) is 5.32 Å². The Morgan fingerprint density at radius 3 is 2.44 bits per heavy atom. The number of hydrogen-bond acceptors (Lipinski definition) is 4. The van der Waals surface area contributed by atoms with Crippen LogP contribution in [0.1, 0.15) is 28.9 Å². The second-order valence-corrected chi connectivity index (χ2v) is 6.34. The van der Waals surface area contributed by atoms with Crippen LogP contribution in [-0.2, 0) is 4.79 Å². The molecule has 0 aliphatic rings. The van der Waals surface area contributed by atoms with E-state index in [2.05, 4.69) is 26.6 Å². The van der Waals surface area contributed by atoms with Crippen LogP contribution in [-0.4, -0.2) is 25.5 Å². The van der Waals surface area contributed by atoms with E-state index in [0.29, 0.717) is 11.3 Å². The standard InChI is InChI=1S/C18H20BrN3O3/c1-11(13-5-8-16(25-2)15(19)9-13)21-10-17(23)22-14-6-3-12(4-7-14)18(20)24/h3-9,11,21H,10H2,1-2H3,(H2,20,24)(H,22,23)/t11-/m0/s1. The van der Waals surface area contributed by atoms with E-state index >= 15 is 0 Å². The van der Waals surface area contributed by atoms with Crippen molar-refractivity contribution in [2.24, 2.45) is 5.73 Å². The van der Waals surface area contributed by atoms with Gasteiger partial charge in [-0.15, -0.1) is 0 Å². The first kappa shape index (κ1) is 19.0. The molecule has 0 heterocycles. The van der Waals surface area contributed by atoms with Crippen LogP contribution in [0.15, 0.2) is 46.9 Å². The molecule has 132 valence electrons. The predicted octanol–water partition coefficient (Wildman–Crippen LogP) is 2.85. The summed E-state index contributed by atoms with van der Waals surface area (Å²) < 4.78 is 6.07. The van der Waals surface area contributed by atoms with Gasteiger partial charge in [0.05, 0.1) is 18.1 Å². The number of halogens is 1. The number of nitrogens with two attached hydrogens (primary N) is 1. The summed E-state index contributed by atoms with van der Waals surface area (Å²) in [5.74, 6) is 0.0818. The van der Waals surface area contributed by atoms with Crippen molar-refractivity contribution < 1.29 is 14.3 Å². The number of primary amides is 1. The van der Waals surface area contributed by atoms with Crippen molar-refractivity contribution in [1.29, 1.82) is 0 Å². The van der Waals surface area contributed by atoms with Gasteiger partial charge in [0.1, 0.15) is 5.75 Å². The van der Waals surface area contributed by atoms with E-state index in [0.717, 1.165) is 15.8 Å². The minimum Gasteiger partial charge on any atom is -0.496 e. The lowest BCUT2D eigenvalue weighted by atomic mass is 10.1. The van der Waals surface area contributed by atoms with E-state index in [1.54, 1.807) is 31.4 Å². The summed E-state index contributed by atoms with van der Waals surface area (Å²) in [5.41, 5.74) is 7.22. The second-order valence-electron chi connectivity index (χ2n) is 5.49. The van der Waals surface area contributed by atoms with Crippen LogP contribution < -0.4 is 21.1 Å². The molecule has 0 aromatic heterocycles. The summed E-state index contributed by atoms with van der Waals surface area (Å²) in [7, 11) is 1.61. The fourth-order valence-corrected chi connectivity index (χ4v) is 2.80. The second kappa shape index (κ2) is 8.64. The maximum atomic E-state index is 12.0. The summed E-state index contributed by atoms with van der Waals surface area (Å²) in [6.07, 6.45) is 0. The number of benzene rings is 2. The van der Waals surface area contributed by atoms with Crippen molar-refractivity contribution in [3.8, 4) is 5.75 Å². The number of ether oxygens (including phenoxy) is 1. The zero-order chi connectivity index (χ0) is 18.4. The van der Waals surface area contributed by atoms with Gasteiger partial charge < -0.3 is 21.1 Å². The lowest BCUT2D eigenvalue weighted by Gasteiger charge is -2.15. The predicted molar refractivity (Wildman–Crippen MR) is 101 cm³/mol. The zero-order valence-corrected chi connectivity index (χ0v) is 15.6. The van der Waals surface area contributed by atoms with Gasteiger partial charge in [-0.05, 0) is 64.8 Å². The van der Waals surface area contributed by atoms with Crippen molar-refractivity contribution in [3.05, 3.63) is 58.1 Å². The van der Waals surface area contributed by atoms with Gasteiger partial charge in [0.2, 0.25) is 11.8 Å². The molecule has 0 unspecified atom stereocenters. The highest BCUT2D eigenvalue weighted by molar-refractivity contribution is 9.10. The first-order valence-electron chi connectivity index (χ1n) is 7.67. The van der Waals surface area contributed by atoms with Crippen LogP contribution in [0.4, 0.5) is 5.69 Å². The molecule has 1 atom stereocenters. The van der Waals surface area contributed by atoms with Crippen molar-refractivity contribution in [3.63, 3.8) is 0 Å². The fraction of sp³-hybridized carbons (Fsp3) is 0.222. The molecule has 2 aromatic rings. The average molecular weight is 406 g/mol. The Morgan fingerprint density at radius 1 is 1.20 bits per heavy atom. The van der Waals surface area contributed by atoms with Gasteiger partial charge in [-0.2, -0.15) is 0 Å². The average Bonchev–Trinajstić information content (AvgIpc) is 2.60. The van der Waals surface area contributed by atoms with Gasteiger partial charge in [0, 0.05) is 17.3 Å². The number of carbonyl (C=O) groups is 2. The van der Waals surface area contributed by atoms with E-state index in [-0.39, 0.29) is 18.5 Å². The summed E-state index contributed by atoms with van der Waals surface area (Å²) in [6.45, 7) is 2.13. The van der Waals surface area contributed by atoms with Crippen molar-refractivity contribution in [2.75, 3.05) is 19.0 Å². The third-order valence-electron chi connectivity index (χ3n) is 3.70. The number of hydrogen-bond donors (Lipinski definition) is 3. The number of carbonyl (C=O) groups excluding carboxylic acids is 2. The topological polar surface area (TPSA) is 93.4 Å². The number of methoxy groups -OCH3 is 1. The summed E-state index contributed by atoms with van der Waals surface area (Å²) >= 11 is 3.45. The van der Waals surface area contributed by atoms with Gasteiger partial charge in [0.25, 0.3) is 0 Å². The normalized spacial score (nSPS) is 11.6. The molecule has 0 saturated heterocycles. The maximum Gasteiger partial charge on any atom is 0.248 e. The Bertz CT molecular complexity index is 763. The Hall–Kier alpha value is -2.38. The van der Waals surface area contributed by atoms with E-state index in [1.165, 1.54) is 0 Å². The number of amides is 2. The molecule has 0 bridgehead atoms. The molecular weight excluding hydrogens is 386 g/mol. The molecule has 0 aliphatic heterocycles. The van der Waals surface area contributed by atoms with Crippen LogP contribution in [0.5, 0.6) is 5.75 Å². The van der Waals surface area contributed by atoms with Crippen LogP contribution in [0, 0.1) is 0 Å². The first-order valence-corrected chi connectivity index (χ1v) is 8.46. The minimum atomic E-state index is -0.501. The molecule has 0 radical (unpaired) electrons. The molecule has 4 N–H and O–H groups in total. The molecule has 6 nitrogen and oxygen atoms in total. The van der Waals surface area contributed by atoms with Crippen molar-refractivity contribution in [2.45, 2.75) is 13.0 Å². The van der Waals surface area contributed by atoms with Gasteiger partial charge in [-0.1, -0.05) is 6.07 Å². The quantitative estimate of drug-likeness (QED) is 0.659. The largest absolute Gasteiger partial charge is 0.496 e. The van der Waals surface area contributed by atoms with Crippen LogP contribution >= 0.6 is 15.9 Å². The number of rotatable bonds is 7. The lowest BCUT2D eigenvalue weighted by molar-refractivity contribution is -0.115. The molecule has 0 saturated carbocycles. The highest BCUT2D eigenvalue weighted by Crippen LogP contribution is 2.27. The van der Waals surface area contributed by atoms with E-state index < -0.39 is 5.91 Å². The molecule has 2 amide bonds. The fourth-order valence-electron chi connectivity index (χ4n) is 2.24. The Morgan fingerprint density at radius 2 is 1.88 bits per heavy atom. The zero-order valence-electron chi connectivity index (χ0n) is 14.0. The smallest absolute Gasteiger partial charge is 0.248 e. The Balaban J connectivity index is 1.88. The van der Waals surface area contributed by atoms with Gasteiger partial charge in [-0.25, -0.2) is 0 Å². The van der Waals surface area contributed by atoms with Gasteiger partial charge in [0.15, 0.2) is 0 Å². The highest BCUT2D eigenvalue weighted by Gasteiger charge is 2.10. The molecule has 2 rings (SSSR count). The Labute approximate surface area is 154 Å².